The first-order valence-electron chi connectivity index (χ1n) is 9.63. The second-order valence-electron chi connectivity index (χ2n) is 6.91. The average molecular weight is 408 g/mol. The Morgan fingerprint density at radius 1 is 1.10 bits per heavy atom. The van der Waals surface area contributed by atoms with Crippen LogP contribution in [-0.2, 0) is 27.5 Å². The summed E-state index contributed by atoms with van der Waals surface area (Å²) in [5, 5.41) is 0. The van der Waals surface area contributed by atoms with Crippen LogP contribution in [0.15, 0.2) is 72.8 Å². The van der Waals surface area contributed by atoms with E-state index in [1.807, 2.05) is 48.5 Å². The van der Waals surface area contributed by atoms with E-state index in [9.17, 15) is 9.18 Å². The summed E-state index contributed by atoms with van der Waals surface area (Å²) in [6, 6.07) is 21.1. The molecule has 0 aliphatic carbocycles. The van der Waals surface area contributed by atoms with Crippen molar-refractivity contribution in [2.24, 2.45) is 0 Å². The highest BCUT2D eigenvalue weighted by atomic mass is 19.1. The Morgan fingerprint density at radius 3 is 2.53 bits per heavy atom. The standard InChI is InChI=1S/C24H21FO5/c1-16(29-21-10-6-3-7-11-21)23(26)27-14-18-12-20(25)13-19-15-28-24(30-22(18)19)17-8-4-2-5-9-17/h2-13,16,24H,14-15H2,1H3/t16-,24+/m0/s1. The Morgan fingerprint density at radius 2 is 1.80 bits per heavy atom. The van der Waals surface area contributed by atoms with Gasteiger partial charge in [-0.05, 0) is 31.2 Å². The lowest BCUT2D eigenvalue weighted by molar-refractivity contribution is -0.152. The maximum absolute atomic E-state index is 14.1. The molecule has 0 fully saturated rings. The van der Waals surface area contributed by atoms with Crippen LogP contribution in [0.25, 0.3) is 0 Å². The Hall–Kier alpha value is -3.38. The molecule has 30 heavy (non-hydrogen) atoms. The Balaban J connectivity index is 1.46. The van der Waals surface area contributed by atoms with Gasteiger partial charge < -0.3 is 18.9 Å². The van der Waals surface area contributed by atoms with Crippen molar-refractivity contribution in [1.29, 1.82) is 0 Å². The molecule has 1 aliphatic rings. The summed E-state index contributed by atoms with van der Waals surface area (Å²) in [4.78, 5) is 12.4. The van der Waals surface area contributed by atoms with Crippen LogP contribution in [0, 0.1) is 5.82 Å². The molecule has 4 rings (SSSR count). The molecular formula is C24H21FO5. The summed E-state index contributed by atoms with van der Waals surface area (Å²) in [7, 11) is 0. The van der Waals surface area contributed by atoms with Crippen LogP contribution in [-0.4, -0.2) is 12.1 Å². The minimum Gasteiger partial charge on any atom is -0.479 e. The third kappa shape index (κ3) is 4.60. The molecule has 0 saturated carbocycles. The van der Waals surface area contributed by atoms with Crippen molar-refractivity contribution in [1.82, 2.24) is 0 Å². The Bertz CT molecular complexity index is 1010. The van der Waals surface area contributed by atoms with Gasteiger partial charge in [-0.3, -0.25) is 0 Å². The van der Waals surface area contributed by atoms with Crippen molar-refractivity contribution in [3.63, 3.8) is 0 Å². The zero-order valence-electron chi connectivity index (χ0n) is 16.4. The predicted molar refractivity (Wildman–Crippen MR) is 107 cm³/mol. The minimum atomic E-state index is -0.807. The number of fused-ring (bicyclic) bond motifs is 1. The first-order chi connectivity index (χ1) is 14.6. The summed E-state index contributed by atoms with van der Waals surface area (Å²) in [5.41, 5.74) is 1.86. The lowest BCUT2D eigenvalue weighted by Crippen LogP contribution is -2.26. The topological polar surface area (TPSA) is 54.0 Å². The molecule has 0 bridgehead atoms. The normalized spacial score (nSPS) is 16.1. The number of para-hydroxylation sites is 1. The van der Waals surface area contributed by atoms with Gasteiger partial charge in [0.1, 0.15) is 23.9 Å². The van der Waals surface area contributed by atoms with E-state index in [0.29, 0.717) is 22.6 Å². The summed E-state index contributed by atoms with van der Waals surface area (Å²) in [5.74, 6) is 0.0412. The van der Waals surface area contributed by atoms with E-state index in [-0.39, 0.29) is 13.2 Å². The van der Waals surface area contributed by atoms with E-state index in [2.05, 4.69) is 0 Å². The molecule has 0 unspecified atom stereocenters. The SMILES string of the molecule is C[C@H](Oc1ccccc1)C(=O)OCc1cc(F)cc2c1O[C@H](c1ccccc1)OC2. The number of benzene rings is 3. The minimum absolute atomic E-state index is 0.136. The smallest absolute Gasteiger partial charge is 0.347 e. The van der Waals surface area contributed by atoms with Crippen LogP contribution >= 0.6 is 0 Å². The van der Waals surface area contributed by atoms with Gasteiger partial charge in [0.2, 0.25) is 6.29 Å². The molecule has 154 valence electrons. The van der Waals surface area contributed by atoms with E-state index < -0.39 is 24.2 Å². The van der Waals surface area contributed by atoms with Crippen LogP contribution in [0.3, 0.4) is 0 Å². The fourth-order valence-corrected chi connectivity index (χ4v) is 3.18. The van der Waals surface area contributed by atoms with E-state index in [1.54, 1.807) is 19.1 Å². The van der Waals surface area contributed by atoms with Crippen LogP contribution < -0.4 is 9.47 Å². The first kappa shape index (κ1) is 19.9. The lowest BCUT2D eigenvalue weighted by Gasteiger charge is -2.28. The molecule has 6 heteroatoms. The number of halogens is 1. The highest BCUT2D eigenvalue weighted by Crippen LogP contribution is 2.36. The highest BCUT2D eigenvalue weighted by Gasteiger charge is 2.26. The lowest BCUT2D eigenvalue weighted by atomic mass is 10.1. The summed E-state index contributed by atoms with van der Waals surface area (Å²) >= 11 is 0. The molecule has 0 spiro atoms. The van der Waals surface area contributed by atoms with Crippen molar-refractivity contribution in [2.45, 2.75) is 32.5 Å². The molecular weight excluding hydrogens is 387 g/mol. The second-order valence-corrected chi connectivity index (χ2v) is 6.91. The second kappa shape index (κ2) is 8.97. The van der Waals surface area contributed by atoms with Crippen molar-refractivity contribution in [2.75, 3.05) is 0 Å². The van der Waals surface area contributed by atoms with Crippen molar-refractivity contribution < 1.29 is 28.1 Å². The van der Waals surface area contributed by atoms with Crippen LogP contribution in [0.2, 0.25) is 0 Å². The van der Waals surface area contributed by atoms with E-state index >= 15 is 0 Å². The molecule has 2 atom stereocenters. The fraction of sp³-hybridized carbons (Fsp3) is 0.208. The molecule has 5 nitrogen and oxygen atoms in total. The summed E-state index contributed by atoms with van der Waals surface area (Å²) < 4.78 is 36.7. The zero-order valence-corrected chi connectivity index (χ0v) is 16.4. The maximum atomic E-state index is 14.1. The van der Waals surface area contributed by atoms with Gasteiger partial charge in [0.25, 0.3) is 0 Å². The largest absolute Gasteiger partial charge is 0.479 e. The monoisotopic (exact) mass is 408 g/mol. The average Bonchev–Trinajstić information content (AvgIpc) is 2.78. The third-order valence-corrected chi connectivity index (χ3v) is 4.65. The van der Waals surface area contributed by atoms with Gasteiger partial charge in [0, 0.05) is 16.7 Å². The quantitative estimate of drug-likeness (QED) is 0.541. The van der Waals surface area contributed by atoms with Crippen LogP contribution in [0.1, 0.15) is 29.9 Å². The van der Waals surface area contributed by atoms with Crippen molar-refractivity contribution >= 4 is 5.97 Å². The van der Waals surface area contributed by atoms with Gasteiger partial charge in [-0.2, -0.15) is 0 Å². The van der Waals surface area contributed by atoms with Gasteiger partial charge in [-0.15, -0.1) is 0 Å². The highest BCUT2D eigenvalue weighted by molar-refractivity contribution is 5.74. The maximum Gasteiger partial charge on any atom is 0.347 e. The zero-order chi connectivity index (χ0) is 20.9. The molecule has 1 aliphatic heterocycles. The van der Waals surface area contributed by atoms with Crippen molar-refractivity contribution in [3.8, 4) is 11.5 Å². The van der Waals surface area contributed by atoms with E-state index in [1.165, 1.54) is 12.1 Å². The van der Waals surface area contributed by atoms with Crippen LogP contribution in [0.5, 0.6) is 11.5 Å². The molecule has 1 heterocycles. The van der Waals surface area contributed by atoms with Crippen LogP contribution in [0.4, 0.5) is 4.39 Å². The number of esters is 1. The first-order valence-corrected chi connectivity index (χ1v) is 9.63. The molecule has 3 aromatic carbocycles. The molecule has 0 saturated heterocycles. The molecule has 0 aromatic heterocycles. The number of carbonyl (C=O) groups excluding carboxylic acids is 1. The third-order valence-electron chi connectivity index (χ3n) is 4.65. The molecule has 0 amide bonds. The fourth-order valence-electron chi connectivity index (χ4n) is 3.18. The van der Waals surface area contributed by atoms with Gasteiger partial charge >= 0.3 is 5.97 Å². The molecule has 0 radical (unpaired) electrons. The number of hydrogen-bond donors (Lipinski definition) is 0. The van der Waals surface area contributed by atoms with E-state index in [0.717, 1.165) is 5.56 Å². The number of hydrogen-bond acceptors (Lipinski definition) is 5. The predicted octanol–water partition coefficient (Wildman–Crippen LogP) is 4.94. The van der Waals surface area contributed by atoms with Crippen molar-refractivity contribution in [3.05, 3.63) is 95.3 Å². The Kier molecular flexibility index (Phi) is 5.95. The van der Waals surface area contributed by atoms with Gasteiger partial charge in [-0.1, -0.05) is 48.5 Å². The summed E-state index contributed by atoms with van der Waals surface area (Å²) in [6.45, 7) is 1.66. The number of carbonyl (C=O) groups is 1. The summed E-state index contributed by atoms with van der Waals surface area (Å²) in [6.07, 6.45) is -1.42. The van der Waals surface area contributed by atoms with E-state index in [4.69, 9.17) is 18.9 Å². The number of ether oxygens (including phenoxy) is 4. The molecule has 0 N–H and O–H groups in total. The van der Waals surface area contributed by atoms with Gasteiger partial charge in [0.15, 0.2) is 6.10 Å². The van der Waals surface area contributed by atoms with Gasteiger partial charge in [-0.25, -0.2) is 9.18 Å². The molecule has 3 aromatic rings. The number of rotatable bonds is 6. The Labute approximate surface area is 174 Å². The van der Waals surface area contributed by atoms with Gasteiger partial charge in [0.05, 0.1) is 6.61 Å².